The molecular weight excluding hydrogens is 335 g/mol. The first-order chi connectivity index (χ1) is 10.6. The van der Waals surface area contributed by atoms with Crippen molar-refractivity contribution < 1.29 is 26.7 Å². The molecule has 6 nitrogen and oxygen atoms in total. The highest BCUT2D eigenvalue weighted by molar-refractivity contribution is 7.89. The summed E-state index contributed by atoms with van der Waals surface area (Å²) >= 11 is 0. The zero-order chi connectivity index (χ0) is 17.3. The van der Waals surface area contributed by atoms with Gasteiger partial charge in [-0.05, 0) is 17.7 Å². The summed E-state index contributed by atoms with van der Waals surface area (Å²) in [6, 6.07) is 4.09. The van der Waals surface area contributed by atoms with E-state index in [9.17, 15) is 26.7 Å². The van der Waals surface area contributed by atoms with E-state index in [0.717, 1.165) is 24.4 Å². The van der Waals surface area contributed by atoms with Gasteiger partial charge in [0.25, 0.3) is 0 Å². The fourth-order valence-corrected chi connectivity index (χ4v) is 2.87. The number of hydrogen-bond acceptors (Lipinski definition) is 4. The summed E-state index contributed by atoms with van der Waals surface area (Å²) in [6.45, 7) is -0.460. The van der Waals surface area contributed by atoms with E-state index in [1.54, 1.807) is 0 Å². The van der Waals surface area contributed by atoms with Crippen LogP contribution in [0.2, 0.25) is 0 Å². The Bertz CT molecular complexity index is 787. The lowest BCUT2D eigenvalue weighted by Crippen LogP contribution is -2.28. The van der Waals surface area contributed by atoms with Crippen LogP contribution in [0, 0.1) is 0 Å². The van der Waals surface area contributed by atoms with E-state index in [1.165, 1.54) is 24.0 Å². The Morgan fingerprint density at radius 3 is 2.65 bits per heavy atom. The van der Waals surface area contributed by atoms with Crippen LogP contribution in [0.4, 0.5) is 13.2 Å². The van der Waals surface area contributed by atoms with Crippen LogP contribution in [-0.2, 0) is 23.2 Å². The molecule has 10 heteroatoms. The van der Waals surface area contributed by atoms with Gasteiger partial charge in [-0.3, -0.25) is 4.68 Å². The van der Waals surface area contributed by atoms with Gasteiger partial charge in [-0.2, -0.15) is 18.3 Å². The predicted molar refractivity (Wildman–Crippen MR) is 74.8 cm³/mol. The van der Waals surface area contributed by atoms with Gasteiger partial charge in [0.2, 0.25) is 10.0 Å². The Hall–Kier alpha value is -1.91. The second kappa shape index (κ2) is 6.30. The van der Waals surface area contributed by atoms with E-state index in [1.807, 2.05) is 0 Å². The van der Waals surface area contributed by atoms with E-state index >= 15 is 0 Å². The molecule has 0 amide bonds. The van der Waals surface area contributed by atoms with Gasteiger partial charge in [0.1, 0.15) is 4.90 Å². The minimum Gasteiger partial charge on any atom is -0.387 e. The zero-order valence-electron chi connectivity index (χ0n) is 11.9. The lowest BCUT2D eigenvalue weighted by Gasteiger charge is -2.14. The third-order valence-electron chi connectivity index (χ3n) is 3.06. The number of nitrogens with zero attached hydrogens (tertiary/aromatic N) is 2. The van der Waals surface area contributed by atoms with Crippen LogP contribution >= 0.6 is 0 Å². The molecule has 0 spiro atoms. The van der Waals surface area contributed by atoms with Gasteiger partial charge in [-0.25, -0.2) is 13.1 Å². The van der Waals surface area contributed by atoms with Crippen molar-refractivity contribution in [3.8, 4) is 0 Å². The van der Waals surface area contributed by atoms with Gasteiger partial charge in [0.05, 0.1) is 17.9 Å². The highest BCUT2D eigenvalue weighted by Crippen LogP contribution is 2.30. The largest absolute Gasteiger partial charge is 0.416 e. The van der Waals surface area contributed by atoms with Crippen molar-refractivity contribution in [3.63, 3.8) is 0 Å². The molecule has 126 valence electrons. The normalized spacial score (nSPS) is 14.0. The summed E-state index contributed by atoms with van der Waals surface area (Å²) in [5.74, 6) is 0. The van der Waals surface area contributed by atoms with Gasteiger partial charge in [-0.1, -0.05) is 12.1 Å². The standard InChI is InChI=1S/C13H14F3N3O3S/c1-19-8-11(6-17-19)23(21,22)18-7-12(20)9-3-2-4-10(5-9)13(14,15)16/h2-6,8,12,18,20H,7H2,1H3/t12-/m1/s1. The highest BCUT2D eigenvalue weighted by atomic mass is 32.2. The highest BCUT2D eigenvalue weighted by Gasteiger charge is 2.31. The van der Waals surface area contributed by atoms with E-state index in [4.69, 9.17) is 0 Å². The Kier molecular flexibility index (Phi) is 4.78. The van der Waals surface area contributed by atoms with Crippen molar-refractivity contribution in [3.05, 3.63) is 47.8 Å². The third-order valence-corrected chi connectivity index (χ3v) is 4.44. The first-order valence-corrected chi connectivity index (χ1v) is 7.91. The molecule has 0 aliphatic rings. The minimum atomic E-state index is -4.54. The van der Waals surface area contributed by atoms with E-state index < -0.39 is 34.4 Å². The number of sulfonamides is 1. The number of aromatic nitrogens is 2. The van der Waals surface area contributed by atoms with Crippen LogP contribution in [-0.4, -0.2) is 29.8 Å². The molecule has 1 atom stereocenters. The Balaban J connectivity index is 2.09. The van der Waals surface area contributed by atoms with Crippen molar-refractivity contribution in [2.75, 3.05) is 6.54 Å². The van der Waals surface area contributed by atoms with Gasteiger partial charge in [-0.15, -0.1) is 0 Å². The average molecular weight is 349 g/mol. The van der Waals surface area contributed by atoms with E-state index in [2.05, 4.69) is 9.82 Å². The maximum absolute atomic E-state index is 12.6. The summed E-state index contributed by atoms with van der Waals surface area (Å²) in [5, 5.41) is 13.6. The molecule has 0 aliphatic carbocycles. The maximum Gasteiger partial charge on any atom is 0.416 e. The molecule has 2 N–H and O–H groups in total. The van der Waals surface area contributed by atoms with Crippen LogP contribution in [0.1, 0.15) is 17.2 Å². The molecule has 0 fully saturated rings. The molecule has 0 saturated heterocycles. The second-order valence-electron chi connectivity index (χ2n) is 4.84. The third kappa shape index (κ3) is 4.30. The van der Waals surface area contributed by atoms with E-state index in [-0.39, 0.29) is 10.5 Å². The fourth-order valence-electron chi connectivity index (χ4n) is 1.85. The lowest BCUT2D eigenvalue weighted by molar-refractivity contribution is -0.137. The number of benzene rings is 1. The summed E-state index contributed by atoms with van der Waals surface area (Å²) < 4.78 is 65.2. The number of aliphatic hydroxyl groups excluding tert-OH is 1. The van der Waals surface area contributed by atoms with Crippen molar-refractivity contribution >= 4 is 10.0 Å². The Morgan fingerprint density at radius 1 is 1.39 bits per heavy atom. The van der Waals surface area contributed by atoms with Crippen LogP contribution in [0.3, 0.4) is 0 Å². The summed E-state index contributed by atoms with van der Waals surface area (Å²) in [7, 11) is -2.36. The number of halogens is 3. The van der Waals surface area contributed by atoms with Crippen LogP contribution < -0.4 is 4.72 Å². The van der Waals surface area contributed by atoms with Gasteiger partial charge >= 0.3 is 6.18 Å². The van der Waals surface area contributed by atoms with E-state index in [0.29, 0.717) is 0 Å². The quantitative estimate of drug-likeness (QED) is 0.856. The molecule has 1 heterocycles. The summed E-state index contributed by atoms with van der Waals surface area (Å²) in [5.41, 5.74) is -0.946. The number of aliphatic hydroxyl groups is 1. The van der Waals surface area contributed by atoms with Crippen LogP contribution in [0.5, 0.6) is 0 Å². The topological polar surface area (TPSA) is 84.2 Å². The van der Waals surface area contributed by atoms with Gasteiger partial charge in [0, 0.05) is 19.8 Å². The first kappa shape index (κ1) is 17.4. The lowest BCUT2D eigenvalue weighted by atomic mass is 10.1. The van der Waals surface area contributed by atoms with Gasteiger partial charge < -0.3 is 5.11 Å². The molecule has 0 radical (unpaired) electrons. The molecular formula is C13H14F3N3O3S. The summed E-state index contributed by atoms with van der Waals surface area (Å²) in [6.07, 6.45) is -3.56. The smallest absolute Gasteiger partial charge is 0.387 e. The molecule has 2 rings (SSSR count). The van der Waals surface area contributed by atoms with Crippen LogP contribution in [0.25, 0.3) is 0 Å². The Morgan fingerprint density at radius 2 is 2.09 bits per heavy atom. The monoisotopic (exact) mass is 349 g/mol. The molecule has 0 aliphatic heterocycles. The van der Waals surface area contributed by atoms with Crippen molar-refractivity contribution in [1.29, 1.82) is 0 Å². The number of alkyl halides is 3. The summed E-state index contributed by atoms with van der Waals surface area (Å²) in [4.78, 5) is -0.101. The molecule has 23 heavy (non-hydrogen) atoms. The van der Waals surface area contributed by atoms with Crippen molar-refractivity contribution in [1.82, 2.24) is 14.5 Å². The minimum absolute atomic E-state index is 0.0336. The molecule has 1 aromatic carbocycles. The second-order valence-corrected chi connectivity index (χ2v) is 6.61. The first-order valence-electron chi connectivity index (χ1n) is 6.43. The molecule has 0 bridgehead atoms. The Labute approximate surface area is 130 Å². The molecule has 0 unspecified atom stereocenters. The van der Waals surface area contributed by atoms with Crippen molar-refractivity contribution in [2.45, 2.75) is 17.2 Å². The number of aryl methyl sites for hydroxylation is 1. The maximum atomic E-state index is 12.6. The van der Waals surface area contributed by atoms with Crippen molar-refractivity contribution in [2.24, 2.45) is 7.05 Å². The number of rotatable bonds is 5. The predicted octanol–water partition coefficient (Wildman–Crippen LogP) is 1.45. The molecule has 2 aromatic rings. The zero-order valence-corrected chi connectivity index (χ0v) is 12.8. The van der Waals surface area contributed by atoms with Crippen LogP contribution in [0.15, 0.2) is 41.6 Å². The number of nitrogens with one attached hydrogen (secondary N) is 1. The SMILES string of the molecule is Cn1cc(S(=O)(=O)NC[C@@H](O)c2cccc(C(F)(F)F)c2)cn1. The molecule has 0 saturated carbocycles. The fraction of sp³-hybridized carbons (Fsp3) is 0.308. The van der Waals surface area contributed by atoms with Gasteiger partial charge in [0.15, 0.2) is 0 Å². The number of hydrogen-bond donors (Lipinski definition) is 2. The average Bonchev–Trinajstić information content (AvgIpc) is 2.91. The molecule has 1 aromatic heterocycles.